The van der Waals surface area contributed by atoms with Gasteiger partial charge >= 0.3 is 6.36 Å². The Morgan fingerprint density at radius 2 is 1.90 bits per heavy atom. The topological polar surface area (TPSA) is 47.0 Å². The van der Waals surface area contributed by atoms with Gasteiger partial charge in [-0.05, 0) is 40.2 Å². The summed E-state index contributed by atoms with van der Waals surface area (Å²) in [7, 11) is 0. The van der Waals surface area contributed by atoms with E-state index >= 15 is 0 Å². The third-order valence-corrected chi connectivity index (χ3v) is 2.85. The Morgan fingerprint density at radius 1 is 1.20 bits per heavy atom. The zero-order valence-electron chi connectivity index (χ0n) is 9.99. The molecule has 0 radical (unpaired) electrons. The maximum absolute atomic E-state index is 12.1. The van der Waals surface area contributed by atoms with Crippen molar-refractivity contribution in [2.75, 3.05) is 5.32 Å². The molecule has 0 bridgehead atoms. The summed E-state index contributed by atoms with van der Waals surface area (Å²) in [5.41, 5.74) is 0.624. The Labute approximate surface area is 121 Å². The molecular weight excluding hydrogens is 339 g/mol. The van der Waals surface area contributed by atoms with E-state index in [1.54, 1.807) is 18.5 Å². The molecule has 2 aromatic rings. The fourth-order valence-electron chi connectivity index (χ4n) is 1.42. The van der Waals surface area contributed by atoms with Gasteiger partial charge in [0.15, 0.2) is 0 Å². The number of hydrogen-bond acceptors (Lipinski definition) is 4. The summed E-state index contributed by atoms with van der Waals surface area (Å²) in [5, 5.41) is 3.00. The van der Waals surface area contributed by atoms with Gasteiger partial charge in [-0.1, -0.05) is 0 Å². The second-order valence-electron chi connectivity index (χ2n) is 3.71. The number of anilines is 1. The lowest BCUT2D eigenvalue weighted by atomic mass is 10.3. The van der Waals surface area contributed by atoms with E-state index in [2.05, 4.69) is 36.0 Å². The highest BCUT2D eigenvalue weighted by Crippen LogP contribution is 2.32. The molecule has 0 aliphatic rings. The number of nitrogens with one attached hydrogen (secondary N) is 1. The van der Waals surface area contributed by atoms with Gasteiger partial charge in [-0.2, -0.15) is 0 Å². The molecule has 1 heterocycles. The number of alkyl halides is 3. The van der Waals surface area contributed by atoms with Gasteiger partial charge in [0.1, 0.15) is 11.6 Å². The van der Waals surface area contributed by atoms with Crippen LogP contribution in [0.1, 0.15) is 5.82 Å². The van der Waals surface area contributed by atoms with E-state index in [0.717, 1.165) is 0 Å². The highest BCUT2D eigenvalue weighted by molar-refractivity contribution is 9.10. The van der Waals surface area contributed by atoms with Crippen LogP contribution in [0.4, 0.5) is 18.9 Å². The lowest BCUT2D eigenvalue weighted by molar-refractivity contribution is -0.274. The number of aromatic nitrogens is 2. The Balaban J connectivity index is 2.02. The Kier molecular flexibility index (Phi) is 4.43. The Morgan fingerprint density at radius 3 is 2.50 bits per heavy atom. The largest absolute Gasteiger partial charge is 0.573 e. The summed E-state index contributed by atoms with van der Waals surface area (Å²) in [6, 6.07) is 5.90. The van der Waals surface area contributed by atoms with Crippen molar-refractivity contribution in [3.63, 3.8) is 0 Å². The number of rotatable bonds is 4. The monoisotopic (exact) mass is 347 g/mol. The number of halogens is 4. The highest BCUT2D eigenvalue weighted by atomic mass is 79.9. The maximum atomic E-state index is 12.1. The van der Waals surface area contributed by atoms with Crippen LogP contribution in [-0.4, -0.2) is 16.3 Å². The first-order valence-electron chi connectivity index (χ1n) is 5.49. The van der Waals surface area contributed by atoms with Crippen molar-refractivity contribution in [2.24, 2.45) is 0 Å². The predicted molar refractivity (Wildman–Crippen MR) is 70.2 cm³/mol. The molecule has 0 saturated heterocycles. The van der Waals surface area contributed by atoms with E-state index < -0.39 is 6.36 Å². The van der Waals surface area contributed by atoms with Crippen LogP contribution in [0.3, 0.4) is 0 Å². The molecule has 0 aliphatic carbocycles. The number of benzene rings is 1. The zero-order valence-corrected chi connectivity index (χ0v) is 11.6. The van der Waals surface area contributed by atoms with E-state index in [-0.39, 0.29) is 10.2 Å². The third-order valence-electron chi connectivity index (χ3n) is 2.23. The van der Waals surface area contributed by atoms with Gasteiger partial charge in [-0.15, -0.1) is 13.2 Å². The van der Waals surface area contributed by atoms with Gasteiger partial charge in [0.25, 0.3) is 0 Å². The molecule has 0 atom stereocenters. The van der Waals surface area contributed by atoms with Crippen LogP contribution in [0.2, 0.25) is 0 Å². The zero-order chi connectivity index (χ0) is 14.6. The highest BCUT2D eigenvalue weighted by Gasteiger charge is 2.31. The van der Waals surface area contributed by atoms with Crippen molar-refractivity contribution >= 4 is 21.6 Å². The molecule has 20 heavy (non-hydrogen) atoms. The van der Waals surface area contributed by atoms with E-state index in [1.165, 1.54) is 18.2 Å². The second-order valence-corrected chi connectivity index (χ2v) is 4.57. The first kappa shape index (κ1) is 14.6. The third kappa shape index (κ3) is 4.37. The van der Waals surface area contributed by atoms with Gasteiger partial charge in [0.05, 0.1) is 11.0 Å². The summed E-state index contributed by atoms with van der Waals surface area (Å²) in [5.74, 6) is 0.290. The summed E-state index contributed by atoms with van der Waals surface area (Å²) in [4.78, 5) is 8.05. The smallest absolute Gasteiger partial charge is 0.405 e. The molecular formula is C12H9BrF3N3O. The minimum atomic E-state index is -4.71. The molecule has 4 nitrogen and oxygen atoms in total. The summed E-state index contributed by atoms with van der Waals surface area (Å²) in [6.45, 7) is 0.368. The van der Waals surface area contributed by atoms with Crippen LogP contribution in [0.25, 0.3) is 0 Å². The first-order chi connectivity index (χ1) is 9.44. The van der Waals surface area contributed by atoms with Gasteiger partial charge in [-0.25, -0.2) is 9.97 Å². The molecule has 1 N–H and O–H groups in total. The molecule has 0 fully saturated rings. The summed E-state index contributed by atoms with van der Waals surface area (Å²) < 4.78 is 40.4. The molecule has 0 unspecified atom stereocenters. The Bertz CT molecular complexity index is 578. The molecule has 2 rings (SSSR count). The van der Waals surface area contributed by atoms with Gasteiger partial charge in [0.2, 0.25) is 0 Å². The maximum Gasteiger partial charge on any atom is 0.573 e. The lowest BCUT2D eigenvalue weighted by Gasteiger charge is -2.12. The van der Waals surface area contributed by atoms with Crippen molar-refractivity contribution in [3.8, 4) is 5.75 Å². The van der Waals surface area contributed by atoms with Crippen LogP contribution in [0.15, 0.2) is 41.1 Å². The summed E-state index contributed by atoms with van der Waals surface area (Å²) in [6.07, 6.45) is -1.49. The molecule has 0 amide bonds. The number of ether oxygens (including phenoxy) is 1. The Hall–Kier alpha value is -1.83. The SMILES string of the molecule is FC(F)(F)Oc1ccc(NCc2ncccn2)cc1Br. The molecule has 0 saturated carbocycles. The second kappa shape index (κ2) is 6.08. The molecule has 1 aromatic heterocycles. The molecule has 0 aliphatic heterocycles. The van der Waals surface area contributed by atoms with Crippen molar-refractivity contribution in [3.05, 3.63) is 47.0 Å². The van der Waals surface area contributed by atoms with Gasteiger partial charge in [0, 0.05) is 18.1 Å². The molecule has 106 valence electrons. The van der Waals surface area contributed by atoms with Crippen LogP contribution in [0.5, 0.6) is 5.75 Å². The number of nitrogens with zero attached hydrogens (tertiary/aromatic N) is 2. The number of hydrogen-bond donors (Lipinski definition) is 1. The fourth-order valence-corrected chi connectivity index (χ4v) is 1.88. The molecule has 0 spiro atoms. The van der Waals surface area contributed by atoms with Crippen LogP contribution in [-0.2, 0) is 6.54 Å². The fraction of sp³-hybridized carbons (Fsp3) is 0.167. The lowest BCUT2D eigenvalue weighted by Crippen LogP contribution is -2.17. The van der Waals surface area contributed by atoms with Crippen LogP contribution < -0.4 is 10.1 Å². The summed E-state index contributed by atoms with van der Waals surface area (Å²) >= 11 is 3.03. The van der Waals surface area contributed by atoms with Crippen molar-refractivity contribution in [1.29, 1.82) is 0 Å². The first-order valence-corrected chi connectivity index (χ1v) is 6.28. The van der Waals surface area contributed by atoms with Crippen LogP contribution in [0, 0.1) is 0 Å². The van der Waals surface area contributed by atoms with Gasteiger partial charge in [-0.3, -0.25) is 0 Å². The average molecular weight is 348 g/mol. The molecule has 8 heteroatoms. The van der Waals surface area contributed by atoms with E-state index in [1.807, 2.05) is 0 Å². The predicted octanol–water partition coefficient (Wildman–Crippen LogP) is 3.75. The van der Waals surface area contributed by atoms with E-state index in [9.17, 15) is 13.2 Å². The molecule has 1 aromatic carbocycles. The minimum absolute atomic E-state index is 0.203. The normalized spacial score (nSPS) is 11.2. The standard InChI is InChI=1S/C12H9BrF3N3O/c13-9-6-8(2-3-10(9)20-12(14,15)16)19-7-11-17-4-1-5-18-11/h1-6,19H,7H2. The van der Waals surface area contributed by atoms with Crippen LogP contribution >= 0.6 is 15.9 Å². The van der Waals surface area contributed by atoms with Crippen molar-refractivity contribution in [2.45, 2.75) is 12.9 Å². The van der Waals surface area contributed by atoms with Gasteiger partial charge < -0.3 is 10.1 Å². The minimum Gasteiger partial charge on any atom is -0.405 e. The quantitative estimate of drug-likeness (QED) is 0.914. The van der Waals surface area contributed by atoms with Crippen molar-refractivity contribution < 1.29 is 17.9 Å². The van der Waals surface area contributed by atoms with E-state index in [4.69, 9.17) is 0 Å². The average Bonchev–Trinajstić information content (AvgIpc) is 2.39. The van der Waals surface area contributed by atoms with E-state index in [0.29, 0.717) is 18.1 Å². The van der Waals surface area contributed by atoms with Crippen molar-refractivity contribution in [1.82, 2.24) is 9.97 Å².